The van der Waals surface area contributed by atoms with E-state index in [1.54, 1.807) is 0 Å². The molecule has 0 bridgehead atoms. The molecule has 3 aromatic rings. The summed E-state index contributed by atoms with van der Waals surface area (Å²) in [5.41, 5.74) is 4.49. The number of likely N-dealkylation sites (tertiary alicyclic amines) is 1. The molecule has 1 saturated heterocycles. The Hall–Kier alpha value is -2.71. The van der Waals surface area contributed by atoms with Gasteiger partial charge in [0.25, 0.3) is 0 Å². The monoisotopic (exact) mass is 359 g/mol. The maximum Gasteiger partial charge on any atom is 0.124 e. The summed E-state index contributed by atoms with van der Waals surface area (Å²) in [6, 6.07) is 15.1. The predicted octanol–water partition coefficient (Wildman–Crippen LogP) is 4.84. The van der Waals surface area contributed by atoms with Gasteiger partial charge in [0.1, 0.15) is 5.82 Å². The van der Waals surface area contributed by atoms with Crippen LogP contribution in [-0.2, 0) is 0 Å². The first-order valence-electron chi connectivity index (χ1n) is 9.77. The van der Waals surface area contributed by atoms with Crippen LogP contribution in [0.25, 0.3) is 11.0 Å². The third kappa shape index (κ3) is 3.58. The second kappa shape index (κ2) is 7.89. The van der Waals surface area contributed by atoms with Gasteiger partial charge >= 0.3 is 0 Å². The summed E-state index contributed by atoms with van der Waals surface area (Å²) in [5, 5.41) is 9.00. The molecular weight excluding hydrogens is 334 g/mol. The summed E-state index contributed by atoms with van der Waals surface area (Å²) < 4.78 is 0. The number of aromatic amines is 1. The highest BCUT2D eigenvalue weighted by Crippen LogP contribution is 2.41. The molecule has 138 valence electrons. The highest BCUT2D eigenvalue weighted by Gasteiger charge is 2.35. The molecular formula is C22H25N5. The number of benzene rings is 1. The fourth-order valence-corrected chi connectivity index (χ4v) is 4.27. The zero-order chi connectivity index (χ0) is 18.6. The summed E-state index contributed by atoms with van der Waals surface area (Å²) in [6.45, 7) is 3.02. The average Bonchev–Trinajstić information content (AvgIpc) is 3.13. The number of imidazole rings is 1. The van der Waals surface area contributed by atoms with Crippen molar-refractivity contribution in [1.29, 1.82) is 5.26 Å². The number of nitriles is 1. The molecule has 4 rings (SSSR count). The van der Waals surface area contributed by atoms with Crippen molar-refractivity contribution in [1.82, 2.24) is 19.9 Å². The Balaban J connectivity index is 1.70. The van der Waals surface area contributed by atoms with E-state index in [4.69, 9.17) is 15.2 Å². The maximum absolute atomic E-state index is 9.00. The second-order valence-electron chi connectivity index (χ2n) is 7.31. The number of aromatic nitrogens is 3. The van der Waals surface area contributed by atoms with Crippen molar-refractivity contribution in [3.05, 3.63) is 59.7 Å². The van der Waals surface area contributed by atoms with E-state index in [1.165, 1.54) is 5.56 Å². The fourth-order valence-electron chi connectivity index (χ4n) is 4.27. The number of hydrogen-bond acceptors (Lipinski definition) is 4. The van der Waals surface area contributed by atoms with E-state index < -0.39 is 0 Å². The van der Waals surface area contributed by atoms with Crippen molar-refractivity contribution in [3.8, 4) is 6.07 Å². The lowest BCUT2D eigenvalue weighted by Crippen LogP contribution is -2.38. The van der Waals surface area contributed by atoms with E-state index in [9.17, 15) is 0 Å². The number of hydrogen-bond donors (Lipinski definition) is 1. The van der Waals surface area contributed by atoms with Crippen LogP contribution >= 0.6 is 0 Å². The van der Waals surface area contributed by atoms with Gasteiger partial charge in [0, 0.05) is 19.2 Å². The summed E-state index contributed by atoms with van der Waals surface area (Å²) in [4.78, 5) is 15.7. The number of unbranched alkanes of at least 4 members (excludes halogenated alkanes) is 1. The molecule has 3 heterocycles. The zero-order valence-corrected chi connectivity index (χ0v) is 15.7. The first-order chi connectivity index (χ1) is 13.3. The Bertz CT molecular complexity index is 921. The number of piperidine rings is 1. The van der Waals surface area contributed by atoms with Gasteiger partial charge in [-0.2, -0.15) is 5.26 Å². The lowest BCUT2D eigenvalue weighted by Gasteiger charge is -2.41. The number of nitrogens with one attached hydrogen (secondary N) is 1. The Kier molecular flexibility index (Phi) is 5.17. The molecule has 1 aromatic carbocycles. The molecule has 5 nitrogen and oxygen atoms in total. The standard InChI is InChI=1S/C22H25N5/c1-16-8-7-14-24-21(16)19-11-6-12-20(27(19)15-5-4-13-23)22-25-17-9-2-3-10-18(17)26-22/h2-3,7-10,14,19-20H,4-6,11-12,15H2,1H3,(H,25,26)/t19-,20+/m0/s1. The van der Waals surface area contributed by atoms with Gasteiger partial charge in [0.2, 0.25) is 0 Å². The number of para-hydroxylation sites is 2. The molecule has 1 fully saturated rings. The summed E-state index contributed by atoms with van der Waals surface area (Å²) in [5.74, 6) is 1.03. The van der Waals surface area contributed by atoms with E-state index in [1.807, 2.05) is 24.4 Å². The Morgan fingerprint density at radius 1 is 1.19 bits per heavy atom. The van der Waals surface area contributed by atoms with Crippen molar-refractivity contribution in [3.63, 3.8) is 0 Å². The maximum atomic E-state index is 9.00. The molecule has 0 spiro atoms. The lowest BCUT2D eigenvalue weighted by molar-refractivity contribution is 0.0737. The molecule has 0 radical (unpaired) electrons. The van der Waals surface area contributed by atoms with Crippen LogP contribution < -0.4 is 0 Å². The van der Waals surface area contributed by atoms with E-state index in [2.05, 4.69) is 41.1 Å². The number of pyridine rings is 1. The topological polar surface area (TPSA) is 68.6 Å². The van der Waals surface area contributed by atoms with E-state index >= 15 is 0 Å². The zero-order valence-electron chi connectivity index (χ0n) is 15.7. The van der Waals surface area contributed by atoms with Gasteiger partial charge in [-0.3, -0.25) is 9.88 Å². The number of nitrogens with zero attached hydrogens (tertiary/aromatic N) is 4. The van der Waals surface area contributed by atoms with E-state index in [0.29, 0.717) is 6.42 Å². The van der Waals surface area contributed by atoms with Crippen LogP contribution in [0.15, 0.2) is 42.6 Å². The fraction of sp³-hybridized carbons (Fsp3) is 0.409. The minimum Gasteiger partial charge on any atom is -0.341 e. The molecule has 27 heavy (non-hydrogen) atoms. The van der Waals surface area contributed by atoms with E-state index in [0.717, 1.165) is 54.8 Å². The quantitative estimate of drug-likeness (QED) is 0.662. The largest absolute Gasteiger partial charge is 0.341 e. The molecule has 1 N–H and O–H groups in total. The molecule has 0 unspecified atom stereocenters. The summed E-state index contributed by atoms with van der Waals surface area (Å²) in [6.07, 6.45) is 6.67. The first-order valence-corrected chi connectivity index (χ1v) is 9.77. The Morgan fingerprint density at radius 3 is 2.85 bits per heavy atom. The average molecular weight is 359 g/mol. The van der Waals surface area contributed by atoms with Gasteiger partial charge in [0.15, 0.2) is 0 Å². The van der Waals surface area contributed by atoms with Crippen LogP contribution in [0, 0.1) is 18.3 Å². The predicted molar refractivity (Wildman–Crippen MR) is 106 cm³/mol. The SMILES string of the molecule is Cc1cccnc1[C@@H]1CCC[C@H](c2nc3ccccc3[nH]2)N1CCCC#N. The normalized spacial score (nSPS) is 20.6. The van der Waals surface area contributed by atoms with Crippen LogP contribution in [0.5, 0.6) is 0 Å². The number of H-pyrrole nitrogens is 1. The molecule has 2 atom stereocenters. The molecule has 5 heteroatoms. The van der Waals surface area contributed by atoms with Crippen LogP contribution in [0.4, 0.5) is 0 Å². The minimum absolute atomic E-state index is 0.233. The molecule has 1 aliphatic heterocycles. The van der Waals surface area contributed by atoms with Crippen LogP contribution in [-0.4, -0.2) is 26.4 Å². The van der Waals surface area contributed by atoms with Gasteiger partial charge in [-0.1, -0.05) is 18.2 Å². The van der Waals surface area contributed by atoms with Gasteiger partial charge in [-0.15, -0.1) is 0 Å². The Morgan fingerprint density at radius 2 is 2.04 bits per heavy atom. The third-order valence-electron chi connectivity index (χ3n) is 5.55. The van der Waals surface area contributed by atoms with Crippen LogP contribution in [0.1, 0.15) is 61.3 Å². The van der Waals surface area contributed by atoms with Crippen LogP contribution in [0.3, 0.4) is 0 Å². The first kappa shape index (κ1) is 17.7. The molecule has 2 aromatic heterocycles. The highest BCUT2D eigenvalue weighted by molar-refractivity contribution is 5.74. The van der Waals surface area contributed by atoms with Crippen molar-refractivity contribution in [2.75, 3.05) is 6.54 Å². The molecule has 1 aliphatic rings. The minimum atomic E-state index is 0.233. The van der Waals surface area contributed by atoms with Crippen molar-refractivity contribution in [2.24, 2.45) is 0 Å². The Labute approximate surface area is 160 Å². The van der Waals surface area contributed by atoms with Gasteiger partial charge in [-0.25, -0.2) is 4.98 Å². The van der Waals surface area contributed by atoms with Crippen molar-refractivity contribution >= 4 is 11.0 Å². The number of fused-ring (bicyclic) bond motifs is 1. The van der Waals surface area contributed by atoms with Gasteiger partial charge in [-0.05, 0) is 56.4 Å². The van der Waals surface area contributed by atoms with Crippen molar-refractivity contribution < 1.29 is 0 Å². The third-order valence-corrected chi connectivity index (χ3v) is 5.55. The van der Waals surface area contributed by atoms with Gasteiger partial charge in [0.05, 0.1) is 34.9 Å². The lowest BCUT2D eigenvalue weighted by atomic mass is 9.91. The number of rotatable bonds is 5. The summed E-state index contributed by atoms with van der Waals surface area (Å²) in [7, 11) is 0. The second-order valence-corrected chi connectivity index (χ2v) is 7.31. The van der Waals surface area contributed by atoms with Crippen LogP contribution in [0.2, 0.25) is 0 Å². The molecule has 0 saturated carbocycles. The van der Waals surface area contributed by atoms with E-state index in [-0.39, 0.29) is 12.1 Å². The van der Waals surface area contributed by atoms with Crippen molar-refractivity contribution in [2.45, 2.75) is 51.1 Å². The number of aryl methyl sites for hydroxylation is 1. The smallest absolute Gasteiger partial charge is 0.124 e. The summed E-state index contributed by atoms with van der Waals surface area (Å²) >= 11 is 0. The molecule has 0 aliphatic carbocycles. The molecule has 0 amide bonds. The van der Waals surface area contributed by atoms with Gasteiger partial charge < -0.3 is 4.98 Å². The highest BCUT2D eigenvalue weighted by atomic mass is 15.2.